The molecule has 314 valence electrons. The van der Waals surface area contributed by atoms with Crippen molar-refractivity contribution in [2.45, 2.75) is 0 Å². The summed E-state index contributed by atoms with van der Waals surface area (Å²) in [7, 11) is 0. The summed E-state index contributed by atoms with van der Waals surface area (Å²) in [6.45, 7) is 0. The van der Waals surface area contributed by atoms with E-state index in [9.17, 15) is 28.8 Å². The van der Waals surface area contributed by atoms with E-state index in [0.717, 1.165) is 24.3 Å². The maximum Gasteiger partial charge on any atom is 0.336 e. The predicted octanol–water partition coefficient (Wildman–Crippen LogP) is 9.17. The first-order chi connectivity index (χ1) is 30.1. The summed E-state index contributed by atoms with van der Waals surface area (Å²) < 4.78 is 16.9. The zero-order valence-electron chi connectivity index (χ0n) is 32.6. The molecule has 0 bridgehead atoms. The van der Waals surface area contributed by atoms with Crippen molar-refractivity contribution in [1.82, 2.24) is 0 Å². The van der Waals surface area contributed by atoms with E-state index < -0.39 is 46.1 Å². The molecule has 0 aromatic heterocycles. The van der Waals surface area contributed by atoms with E-state index in [4.69, 9.17) is 46.1 Å². The number of hydrogen-bond donors (Lipinski definition) is 6. The van der Waals surface area contributed by atoms with E-state index in [1.165, 1.54) is 12.1 Å². The van der Waals surface area contributed by atoms with Crippen LogP contribution in [-0.4, -0.2) is 55.9 Å². The molecule has 0 atom stereocenters. The summed E-state index contributed by atoms with van der Waals surface area (Å²) in [6, 6.07) is 41.0. The van der Waals surface area contributed by atoms with Gasteiger partial charge in [0.2, 0.25) is 0 Å². The quantitative estimate of drug-likeness (QED) is 0.0440. The van der Waals surface area contributed by atoms with Gasteiger partial charge in [0.05, 0.1) is 22.3 Å². The molecular formula is C48H34N2O13. The SMILES string of the molecule is Nc1cccc(Oc2ccc(C(=O)c3ccc(C(=O)c4ccc(Oc5cccc(N)c5)cc4)cc3)cc2)c1.O=C(O)c1ccc(Oc2ccc(C(=O)O)c(C(=O)O)c2)cc1C(=O)O. The lowest BCUT2D eigenvalue weighted by Gasteiger charge is -2.10. The van der Waals surface area contributed by atoms with Gasteiger partial charge in [-0.2, -0.15) is 0 Å². The first-order valence-corrected chi connectivity index (χ1v) is 18.5. The topological polar surface area (TPSA) is 263 Å². The Bertz CT molecular complexity index is 2680. The number of ketones is 2. The summed E-state index contributed by atoms with van der Waals surface area (Å²) >= 11 is 0. The number of carboxylic acid groups (broad SMARTS) is 4. The average Bonchev–Trinajstić information content (AvgIpc) is 3.26. The minimum Gasteiger partial charge on any atom is -0.478 e. The van der Waals surface area contributed by atoms with Gasteiger partial charge in [-0.15, -0.1) is 0 Å². The van der Waals surface area contributed by atoms with E-state index in [0.29, 0.717) is 56.6 Å². The number of hydrogen-bond acceptors (Lipinski definition) is 11. The standard InChI is InChI=1S/C32H24N2O4.C16H10O9/c33-25-3-1-5-29(19-25)37-27-15-11-23(12-16-27)31(35)21-7-9-22(10-8-21)32(36)24-13-17-28(18-14-24)38-30-6-2-4-26(34)20-30;17-13(18)9-3-1-7(5-11(9)15(21)22)25-8-2-4-10(14(19)20)12(6-8)16(23)24/h1-20H,33-34H2;1-6H,(H,17,18)(H,19,20)(H,21,22)(H,23,24). The maximum atomic E-state index is 13.0. The maximum absolute atomic E-state index is 13.0. The molecule has 7 rings (SSSR count). The second-order valence-electron chi connectivity index (χ2n) is 13.4. The van der Waals surface area contributed by atoms with Gasteiger partial charge in [-0.25, -0.2) is 19.2 Å². The highest BCUT2D eigenvalue weighted by atomic mass is 16.5. The Labute approximate surface area is 357 Å². The van der Waals surface area contributed by atoms with Crippen molar-refractivity contribution in [3.63, 3.8) is 0 Å². The molecule has 63 heavy (non-hydrogen) atoms. The molecule has 15 nitrogen and oxygen atoms in total. The molecule has 0 aliphatic rings. The molecule has 0 radical (unpaired) electrons. The highest BCUT2D eigenvalue weighted by molar-refractivity contribution is 6.12. The molecule has 0 saturated heterocycles. The first-order valence-electron chi connectivity index (χ1n) is 18.5. The third kappa shape index (κ3) is 11.1. The summed E-state index contributed by atoms with van der Waals surface area (Å²) in [6.07, 6.45) is 0. The number of anilines is 2. The number of carboxylic acids is 4. The summed E-state index contributed by atoms with van der Waals surface area (Å²) in [5, 5.41) is 36.0. The van der Waals surface area contributed by atoms with Gasteiger partial charge < -0.3 is 46.1 Å². The van der Waals surface area contributed by atoms with Crippen LogP contribution in [0.15, 0.2) is 158 Å². The van der Waals surface area contributed by atoms with Crippen LogP contribution in [0.25, 0.3) is 0 Å². The number of nitrogen functional groups attached to an aromatic ring is 2. The summed E-state index contributed by atoms with van der Waals surface area (Å²) in [5.41, 5.74) is 12.9. The Hall–Kier alpha value is -9.24. The summed E-state index contributed by atoms with van der Waals surface area (Å²) in [5.74, 6) is -3.79. The molecule has 0 aliphatic carbocycles. The van der Waals surface area contributed by atoms with Gasteiger partial charge in [-0.3, -0.25) is 9.59 Å². The minimum atomic E-state index is -1.48. The van der Waals surface area contributed by atoms with Gasteiger partial charge in [-0.05, 0) is 109 Å². The van der Waals surface area contributed by atoms with Crippen LogP contribution in [-0.2, 0) is 0 Å². The molecule has 0 aliphatic heterocycles. The van der Waals surface area contributed by atoms with Crippen LogP contribution >= 0.6 is 0 Å². The van der Waals surface area contributed by atoms with Crippen molar-refractivity contribution < 1.29 is 63.4 Å². The molecule has 7 aromatic carbocycles. The molecule has 0 fully saturated rings. The van der Waals surface area contributed by atoms with Gasteiger partial charge in [-0.1, -0.05) is 36.4 Å². The van der Waals surface area contributed by atoms with E-state index >= 15 is 0 Å². The van der Waals surface area contributed by atoms with Gasteiger partial charge in [0, 0.05) is 45.8 Å². The number of nitrogens with two attached hydrogens (primary N) is 2. The highest BCUT2D eigenvalue weighted by Gasteiger charge is 2.20. The minimum absolute atomic E-state index is 0.0539. The molecule has 8 N–H and O–H groups in total. The fourth-order valence-corrected chi connectivity index (χ4v) is 5.92. The fourth-order valence-electron chi connectivity index (χ4n) is 5.92. The second kappa shape index (κ2) is 19.2. The van der Waals surface area contributed by atoms with Crippen molar-refractivity contribution in [2.24, 2.45) is 0 Å². The van der Waals surface area contributed by atoms with Crippen LogP contribution in [0.5, 0.6) is 34.5 Å². The second-order valence-corrected chi connectivity index (χ2v) is 13.4. The average molecular weight is 847 g/mol. The van der Waals surface area contributed by atoms with Crippen molar-refractivity contribution in [2.75, 3.05) is 11.5 Å². The van der Waals surface area contributed by atoms with E-state index in [1.54, 1.807) is 97.1 Å². The van der Waals surface area contributed by atoms with Gasteiger partial charge in [0.25, 0.3) is 0 Å². The zero-order chi connectivity index (χ0) is 45.2. The van der Waals surface area contributed by atoms with Crippen LogP contribution in [0, 0.1) is 0 Å². The molecular weight excluding hydrogens is 813 g/mol. The monoisotopic (exact) mass is 846 g/mol. The lowest BCUT2D eigenvalue weighted by atomic mass is 9.98. The number of rotatable bonds is 14. The molecule has 0 spiro atoms. The predicted molar refractivity (Wildman–Crippen MR) is 229 cm³/mol. The third-order valence-electron chi connectivity index (χ3n) is 8.97. The first kappa shape index (κ1) is 43.3. The highest BCUT2D eigenvalue weighted by Crippen LogP contribution is 2.28. The van der Waals surface area contributed by atoms with Crippen molar-refractivity contribution in [3.8, 4) is 34.5 Å². The fraction of sp³-hybridized carbons (Fsp3) is 0. The number of ether oxygens (including phenoxy) is 3. The van der Waals surface area contributed by atoms with Crippen LogP contribution in [0.3, 0.4) is 0 Å². The van der Waals surface area contributed by atoms with Crippen molar-refractivity contribution >= 4 is 46.8 Å². The largest absolute Gasteiger partial charge is 0.478 e. The van der Waals surface area contributed by atoms with Gasteiger partial charge >= 0.3 is 23.9 Å². The van der Waals surface area contributed by atoms with E-state index in [1.807, 2.05) is 24.3 Å². The Morgan fingerprint density at radius 2 is 0.587 bits per heavy atom. The molecule has 0 amide bonds. The van der Waals surface area contributed by atoms with Crippen molar-refractivity contribution in [1.29, 1.82) is 0 Å². The number of aromatic carboxylic acids is 4. The zero-order valence-corrected chi connectivity index (χ0v) is 32.6. The lowest BCUT2D eigenvalue weighted by Crippen LogP contribution is -2.09. The lowest BCUT2D eigenvalue weighted by molar-refractivity contribution is 0.0651. The molecule has 0 heterocycles. The smallest absolute Gasteiger partial charge is 0.336 e. The molecule has 0 saturated carbocycles. The molecule has 0 unspecified atom stereocenters. The van der Waals surface area contributed by atoms with Gasteiger partial charge in [0.15, 0.2) is 11.6 Å². The van der Waals surface area contributed by atoms with E-state index in [-0.39, 0.29) is 23.1 Å². The Balaban J connectivity index is 0.000000230. The van der Waals surface area contributed by atoms with Crippen LogP contribution in [0.2, 0.25) is 0 Å². The molecule has 15 heteroatoms. The van der Waals surface area contributed by atoms with Crippen LogP contribution < -0.4 is 25.7 Å². The van der Waals surface area contributed by atoms with Gasteiger partial charge in [0.1, 0.15) is 34.5 Å². The Morgan fingerprint density at radius 1 is 0.317 bits per heavy atom. The molecule has 7 aromatic rings. The number of carbonyl (C=O) groups excluding carboxylic acids is 2. The number of carbonyl (C=O) groups is 6. The van der Waals surface area contributed by atoms with E-state index in [2.05, 4.69) is 0 Å². The van der Waals surface area contributed by atoms with Crippen LogP contribution in [0.4, 0.5) is 11.4 Å². The number of benzene rings is 7. The Kier molecular flexibility index (Phi) is 13.2. The Morgan fingerprint density at radius 3 is 0.889 bits per heavy atom. The summed E-state index contributed by atoms with van der Waals surface area (Å²) in [4.78, 5) is 70.2. The van der Waals surface area contributed by atoms with Crippen molar-refractivity contribution in [3.05, 3.63) is 202 Å². The normalized spacial score (nSPS) is 10.3. The van der Waals surface area contributed by atoms with Crippen LogP contribution in [0.1, 0.15) is 73.3 Å². The third-order valence-corrected chi connectivity index (χ3v) is 8.97.